The van der Waals surface area contributed by atoms with Crippen molar-refractivity contribution >= 4 is 0 Å². The molecule has 1 nitrogen and oxygen atoms in total. The van der Waals surface area contributed by atoms with E-state index in [1.165, 1.54) is 13.1 Å². The van der Waals surface area contributed by atoms with Gasteiger partial charge >= 0.3 is 0 Å². The van der Waals surface area contributed by atoms with Crippen LogP contribution in [0, 0.1) is 11.8 Å². The van der Waals surface area contributed by atoms with Crippen molar-refractivity contribution in [2.24, 2.45) is 11.8 Å². The SMILES string of the molecule is CC.CC(C)CN(CC(C)C)C(C)C. The van der Waals surface area contributed by atoms with Crippen molar-refractivity contribution in [1.29, 1.82) is 0 Å². The minimum absolute atomic E-state index is 0.690. The van der Waals surface area contributed by atoms with Crippen molar-refractivity contribution in [3.63, 3.8) is 0 Å². The van der Waals surface area contributed by atoms with Crippen LogP contribution in [0.5, 0.6) is 0 Å². The predicted octanol–water partition coefficient (Wildman–Crippen LogP) is 4.04. The van der Waals surface area contributed by atoms with Gasteiger partial charge in [0.05, 0.1) is 0 Å². The van der Waals surface area contributed by atoms with Gasteiger partial charge in [0.1, 0.15) is 0 Å². The molecule has 0 aromatic carbocycles. The molecule has 0 saturated carbocycles. The lowest BCUT2D eigenvalue weighted by molar-refractivity contribution is 0.177. The summed E-state index contributed by atoms with van der Waals surface area (Å²) < 4.78 is 0. The quantitative estimate of drug-likeness (QED) is 0.649. The number of hydrogen-bond donors (Lipinski definition) is 0. The molecule has 88 valence electrons. The summed E-state index contributed by atoms with van der Waals surface area (Å²) in [5.74, 6) is 1.57. The van der Waals surface area contributed by atoms with Crippen LogP contribution in [0.2, 0.25) is 0 Å². The largest absolute Gasteiger partial charge is 0.300 e. The van der Waals surface area contributed by atoms with Gasteiger partial charge in [-0.1, -0.05) is 41.5 Å². The Kier molecular flexibility index (Phi) is 11.1. The molecule has 0 aromatic heterocycles. The van der Waals surface area contributed by atoms with Gasteiger partial charge in [0.15, 0.2) is 0 Å². The maximum atomic E-state index is 2.56. The number of rotatable bonds is 5. The number of nitrogens with zero attached hydrogens (tertiary/aromatic N) is 1. The molecule has 0 radical (unpaired) electrons. The molecule has 0 aliphatic carbocycles. The van der Waals surface area contributed by atoms with E-state index in [4.69, 9.17) is 0 Å². The highest BCUT2D eigenvalue weighted by molar-refractivity contribution is 4.65. The average molecular weight is 201 g/mol. The van der Waals surface area contributed by atoms with Gasteiger partial charge in [-0.15, -0.1) is 0 Å². The van der Waals surface area contributed by atoms with E-state index >= 15 is 0 Å². The minimum atomic E-state index is 0.690. The van der Waals surface area contributed by atoms with Gasteiger partial charge in [0.2, 0.25) is 0 Å². The van der Waals surface area contributed by atoms with Crippen molar-refractivity contribution in [3.8, 4) is 0 Å². The van der Waals surface area contributed by atoms with Gasteiger partial charge in [-0.25, -0.2) is 0 Å². The fourth-order valence-electron chi connectivity index (χ4n) is 1.43. The Morgan fingerprint density at radius 3 is 1.14 bits per heavy atom. The summed E-state index contributed by atoms with van der Waals surface area (Å²) in [6.07, 6.45) is 0. The maximum absolute atomic E-state index is 2.56. The first kappa shape index (κ1) is 16.4. The summed E-state index contributed by atoms with van der Waals surface area (Å²) in [7, 11) is 0. The van der Waals surface area contributed by atoms with E-state index in [0.717, 1.165) is 11.8 Å². The Bertz CT molecular complexity index is 95.8. The first-order chi connectivity index (χ1) is 6.43. The molecule has 0 saturated heterocycles. The lowest BCUT2D eigenvalue weighted by Gasteiger charge is -2.29. The van der Waals surface area contributed by atoms with Gasteiger partial charge in [0, 0.05) is 19.1 Å². The lowest BCUT2D eigenvalue weighted by atomic mass is 10.1. The fraction of sp³-hybridized carbons (Fsp3) is 1.00. The molecule has 0 aromatic rings. The zero-order chi connectivity index (χ0) is 11.7. The van der Waals surface area contributed by atoms with Crippen molar-refractivity contribution in [1.82, 2.24) is 4.90 Å². The molecular weight excluding hydrogens is 170 g/mol. The molecule has 0 unspecified atom stereocenters. The van der Waals surface area contributed by atoms with Crippen molar-refractivity contribution < 1.29 is 0 Å². The van der Waals surface area contributed by atoms with Crippen LogP contribution in [0.3, 0.4) is 0 Å². The van der Waals surface area contributed by atoms with Crippen LogP contribution in [0.15, 0.2) is 0 Å². The van der Waals surface area contributed by atoms with Crippen LogP contribution < -0.4 is 0 Å². The second-order valence-corrected chi connectivity index (χ2v) is 4.84. The van der Waals surface area contributed by atoms with Gasteiger partial charge in [0.25, 0.3) is 0 Å². The van der Waals surface area contributed by atoms with Gasteiger partial charge in [-0.05, 0) is 25.7 Å². The zero-order valence-corrected chi connectivity index (χ0v) is 11.6. The smallest absolute Gasteiger partial charge is 0.00388 e. The van der Waals surface area contributed by atoms with Crippen LogP contribution in [0.25, 0.3) is 0 Å². The summed E-state index contributed by atoms with van der Waals surface area (Å²) in [5.41, 5.74) is 0. The second-order valence-electron chi connectivity index (χ2n) is 4.84. The lowest BCUT2D eigenvalue weighted by Crippen LogP contribution is -2.36. The van der Waals surface area contributed by atoms with Gasteiger partial charge in [-0.2, -0.15) is 0 Å². The van der Waals surface area contributed by atoms with E-state index in [0.29, 0.717) is 6.04 Å². The van der Waals surface area contributed by atoms with Crippen LogP contribution in [0.4, 0.5) is 0 Å². The normalized spacial score (nSPS) is 11.1. The topological polar surface area (TPSA) is 3.24 Å². The molecular formula is C13H31N. The van der Waals surface area contributed by atoms with Crippen LogP contribution in [-0.2, 0) is 0 Å². The van der Waals surface area contributed by atoms with E-state index in [2.05, 4.69) is 46.4 Å². The molecule has 0 heterocycles. The summed E-state index contributed by atoms with van der Waals surface area (Å²) in [5, 5.41) is 0. The third kappa shape index (κ3) is 10.0. The van der Waals surface area contributed by atoms with Crippen molar-refractivity contribution in [2.45, 2.75) is 61.4 Å². The highest BCUT2D eigenvalue weighted by Crippen LogP contribution is 2.07. The molecule has 0 bridgehead atoms. The second kappa shape index (κ2) is 9.51. The van der Waals surface area contributed by atoms with E-state index in [9.17, 15) is 0 Å². The monoisotopic (exact) mass is 201 g/mol. The average Bonchev–Trinajstić information content (AvgIpc) is 2.05. The summed E-state index contributed by atoms with van der Waals surface area (Å²) in [6, 6.07) is 0.690. The summed E-state index contributed by atoms with van der Waals surface area (Å²) in [4.78, 5) is 2.56. The molecule has 0 amide bonds. The Hall–Kier alpha value is -0.0400. The molecule has 0 aliphatic rings. The molecule has 0 aliphatic heterocycles. The van der Waals surface area contributed by atoms with Gasteiger partial charge < -0.3 is 4.90 Å². The minimum Gasteiger partial charge on any atom is -0.300 e. The van der Waals surface area contributed by atoms with Gasteiger partial charge in [-0.3, -0.25) is 0 Å². The van der Waals surface area contributed by atoms with E-state index < -0.39 is 0 Å². The van der Waals surface area contributed by atoms with E-state index in [1.54, 1.807) is 0 Å². The first-order valence-electron chi connectivity index (χ1n) is 6.17. The third-order valence-electron chi connectivity index (χ3n) is 1.93. The maximum Gasteiger partial charge on any atom is 0.00388 e. The Labute approximate surface area is 91.9 Å². The summed E-state index contributed by atoms with van der Waals surface area (Å²) >= 11 is 0. The first-order valence-corrected chi connectivity index (χ1v) is 6.17. The standard InChI is InChI=1S/C11H25N.C2H6/c1-9(2)7-12(11(5)6)8-10(3)4;1-2/h9-11H,7-8H2,1-6H3;1-2H3. The zero-order valence-electron chi connectivity index (χ0n) is 11.6. The third-order valence-corrected chi connectivity index (χ3v) is 1.93. The number of hydrogen-bond acceptors (Lipinski definition) is 1. The molecule has 0 spiro atoms. The Morgan fingerprint density at radius 1 is 0.714 bits per heavy atom. The molecule has 14 heavy (non-hydrogen) atoms. The highest BCUT2D eigenvalue weighted by Gasteiger charge is 2.11. The molecule has 1 heteroatoms. The Balaban J connectivity index is 0. The van der Waals surface area contributed by atoms with E-state index in [-0.39, 0.29) is 0 Å². The van der Waals surface area contributed by atoms with Crippen LogP contribution >= 0.6 is 0 Å². The Morgan fingerprint density at radius 2 is 1.00 bits per heavy atom. The van der Waals surface area contributed by atoms with Crippen LogP contribution in [0.1, 0.15) is 55.4 Å². The van der Waals surface area contributed by atoms with Crippen molar-refractivity contribution in [2.75, 3.05) is 13.1 Å². The highest BCUT2D eigenvalue weighted by atomic mass is 15.1. The van der Waals surface area contributed by atoms with Crippen molar-refractivity contribution in [3.05, 3.63) is 0 Å². The summed E-state index contributed by atoms with van der Waals surface area (Å²) in [6.45, 7) is 20.2. The van der Waals surface area contributed by atoms with Crippen LogP contribution in [-0.4, -0.2) is 24.0 Å². The fourth-order valence-corrected chi connectivity index (χ4v) is 1.43. The van der Waals surface area contributed by atoms with E-state index in [1.807, 2.05) is 13.8 Å². The molecule has 0 atom stereocenters. The molecule has 0 fully saturated rings. The predicted molar refractivity (Wildman–Crippen MR) is 67.7 cm³/mol. The molecule has 0 N–H and O–H groups in total. The molecule has 0 rings (SSSR count).